The highest BCUT2D eigenvalue weighted by Gasteiger charge is 2.33. The van der Waals surface area contributed by atoms with Crippen molar-refractivity contribution in [3.63, 3.8) is 0 Å². The van der Waals surface area contributed by atoms with Crippen LogP contribution in [0.2, 0.25) is 5.02 Å². The molecule has 7 nitrogen and oxygen atoms in total. The lowest BCUT2D eigenvalue weighted by Gasteiger charge is -2.28. The average Bonchev–Trinajstić information content (AvgIpc) is 2.87. The Morgan fingerprint density at radius 1 is 1.06 bits per heavy atom. The van der Waals surface area contributed by atoms with Crippen LogP contribution in [0, 0.1) is 11.3 Å². The van der Waals surface area contributed by atoms with E-state index in [-0.39, 0.29) is 23.8 Å². The second-order valence-corrected chi connectivity index (χ2v) is 8.52. The van der Waals surface area contributed by atoms with Gasteiger partial charge in [-0.3, -0.25) is 0 Å². The summed E-state index contributed by atoms with van der Waals surface area (Å²) in [6.07, 6.45) is 1.92. The number of ether oxygens (including phenoxy) is 4. The van der Waals surface area contributed by atoms with E-state index < -0.39 is 11.9 Å². The maximum absolute atomic E-state index is 12.3. The summed E-state index contributed by atoms with van der Waals surface area (Å²) in [5, 5.41) is 10.4. The van der Waals surface area contributed by atoms with E-state index in [4.69, 9.17) is 36.3 Å². The molecule has 3 aromatic carbocycles. The molecule has 0 saturated heterocycles. The molecule has 0 spiro atoms. The topological polar surface area (TPSA) is 104 Å². The molecule has 0 radical (unpaired) electrons. The van der Waals surface area contributed by atoms with Crippen molar-refractivity contribution in [1.29, 1.82) is 5.26 Å². The Kier molecular flexibility index (Phi) is 7.99. The van der Waals surface area contributed by atoms with Gasteiger partial charge in [0.2, 0.25) is 5.88 Å². The Labute approximate surface area is 214 Å². The minimum Gasteiger partial charge on any atom is -0.493 e. The molecule has 1 aliphatic heterocycles. The monoisotopic (exact) mass is 504 g/mol. The number of esters is 1. The van der Waals surface area contributed by atoms with Crippen LogP contribution in [0.5, 0.6) is 23.0 Å². The van der Waals surface area contributed by atoms with E-state index >= 15 is 0 Å². The molecule has 1 aliphatic rings. The first-order valence-corrected chi connectivity index (χ1v) is 11.9. The van der Waals surface area contributed by atoms with Gasteiger partial charge in [0.05, 0.1) is 12.5 Å². The molecule has 0 bridgehead atoms. The van der Waals surface area contributed by atoms with Crippen LogP contribution in [0.3, 0.4) is 0 Å². The number of nitriles is 1. The van der Waals surface area contributed by atoms with Crippen LogP contribution in [0.25, 0.3) is 0 Å². The average molecular weight is 505 g/mol. The van der Waals surface area contributed by atoms with Crippen molar-refractivity contribution >= 4 is 17.6 Å². The Hall–Kier alpha value is -4.15. The van der Waals surface area contributed by atoms with Crippen molar-refractivity contribution in [2.75, 3.05) is 13.2 Å². The molecule has 2 N–H and O–H groups in total. The van der Waals surface area contributed by atoms with E-state index in [1.54, 1.807) is 42.5 Å². The van der Waals surface area contributed by atoms with Gasteiger partial charge in [-0.2, -0.15) is 5.26 Å². The van der Waals surface area contributed by atoms with E-state index in [1.807, 2.05) is 24.3 Å². The smallest absolute Gasteiger partial charge is 0.349 e. The Bertz CT molecular complexity index is 1330. The fraction of sp³-hybridized carbons (Fsp3) is 0.214. The number of carbonyl (C=O) groups is 1. The van der Waals surface area contributed by atoms with Crippen molar-refractivity contribution in [3.8, 4) is 29.1 Å². The molecule has 3 aromatic rings. The molecule has 0 aromatic heterocycles. The van der Waals surface area contributed by atoms with Crippen LogP contribution in [-0.2, 0) is 4.79 Å². The second kappa shape index (κ2) is 11.5. The van der Waals surface area contributed by atoms with Crippen LogP contribution >= 0.6 is 11.6 Å². The molecule has 0 saturated carbocycles. The Balaban J connectivity index is 1.57. The molecule has 0 amide bonds. The number of hydrogen-bond donors (Lipinski definition) is 1. The van der Waals surface area contributed by atoms with Gasteiger partial charge < -0.3 is 24.7 Å². The third kappa shape index (κ3) is 5.73. The van der Waals surface area contributed by atoms with Crippen molar-refractivity contribution in [1.82, 2.24) is 0 Å². The SMILES string of the molecule is CCCCOc1ccccc1C1C(C#N)=C(N)Oc2cc(OC(=O)COc3cccc(Cl)c3)ccc21. The first-order valence-electron chi connectivity index (χ1n) is 11.5. The summed E-state index contributed by atoms with van der Waals surface area (Å²) in [5.41, 5.74) is 7.93. The number of para-hydroxylation sites is 1. The first-order chi connectivity index (χ1) is 17.5. The van der Waals surface area contributed by atoms with Crippen molar-refractivity contribution < 1.29 is 23.7 Å². The lowest BCUT2D eigenvalue weighted by molar-refractivity contribution is -0.136. The molecule has 1 unspecified atom stereocenters. The Morgan fingerprint density at radius 2 is 1.89 bits per heavy atom. The number of carbonyl (C=O) groups excluding carboxylic acids is 1. The van der Waals surface area contributed by atoms with E-state index in [0.29, 0.717) is 34.4 Å². The molecule has 1 heterocycles. The Morgan fingerprint density at radius 3 is 2.67 bits per heavy atom. The molecular weight excluding hydrogens is 480 g/mol. The van der Waals surface area contributed by atoms with Crippen molar-refractivity contribution in [2.24, 2.45) is 5.73 Å². The van der Waals surface area contributed by atoms with E-state index in [0.717, 1.165) is 18.4 Å². The van der Waals surface area contributed by atoms with Gasteiger partial charge in [0.25, 0.3) is 0 Å². The van der Waals surface area contributed by atoms with Crippen LogP contribution < -0.4 is 24.7 Å². The summed E-state index contributed by atoms with van der Waals surface area (Å²) in [5.74, 6) is 0.682. The van der Waals surface area contributed by atoms with Crippen LogP contribution in [0.15, 0.2) is 78.2 Å². The summed E-state index contributed by atoms with van der Waals surface area (Å²) in [4.78, 5) is 12.3. The molecule has 184 valence electrons. The van der Waals surface area contributed by atoms with E-state index in [9.17, 15) is 10.1 Å². The van der Waals surface area contributed by atoms with Gasteiger partial charge in [-0.25, -0.2) is 4.79 Å². The van der Waals surface area contributed by atoms with Gasteiger partial charge in [-0.05, 0) is 36.8 Å². The number of hydrogen-bond acceptors (Lipinski definition) is 7. The summed E-state index contributed by atoms with van der Waals surface area (Å²) in [6, 6.07) is 21.4. The third-order valence-electron chi connectivity index (χ3n) is 5.56. The van der Waals surface area contributed by atoms with Crippen LogP contribution in [-0.4, -0.2) is 19.2 Å². The molecular formula is C28H25ClN2O5. The van der Waals surface area contributed by atoms with Gasteiger partial charge >= 0.3 is 5.97 Å². The maximum atomic E-state index is 12.3. The standard InChI is InChI=1S/C28H25ClN2O5/c1-2-3-13-33-24-10-5-4-9-21(24)27-22-12-11-20(15-25(22)36-28(31)23(27)16-30)35-26(32)17-34-19-8-6-7-18(29)14-19/h4-12,14-15,27H,2-3,13,17,31H2,1H3. The van der Waals surface area contributed by atoms with Gasteiger partial charge in [0.15, 0.2) is 6.61 Å². The van der Waals surface area contributed by atoms with Crippen LogP contribution in [0.4, 0.5) is 0 Å². The number of nitrogens with two attached hydrogens (primary N) is 1. The van der Waals surface area contributed by atoms with Crippen LogP contribution in [0.1, 0.15) is 36.8 Å². The highest BCUT2D eigenvalue weighted by molar-refractivity contribution is 6.30. The molecule has 4 rings (SSSR count). The predicted molar refractivity (Wildman–Crippen MR) is 135 cm³/mol. The fourth-order valence-corrected chi connectivity index (χ4v) is 4.04. The summed E-state index contributed by atoms with van der Waals surface area (Å²) < 4.78 is 22.6. The number of benzene rings is 3. The largest absolute Gasteiger partial charge is 0.493 e. The lowest BCUT2D eigenvalue weighted by Crippen LogP contribution is -2.22. The summed E-state index contributed by atoms with van der Waals surface area (Å²) in [7, 11) is 0. The molecule has 1 atom stereocenters. The molecule has 0 aliphatic carbocycles. The summed E-state index contributed by atoms with van der Waals surface area (Å²) in [6.45, 7) is 2.36. The van der Waals surface area contributed by atoms with Gasteiger partial charge in [-0.15, -0.1) is 0 Å². The minimum atomic E-state index is -0.599. The first kappa shape index (κ1) is 25.0. The fourth-order valence-electron chi connectivity index (χ4n) is 3.86. The molecule has 8 heteroatoms. The molecule has 36 heavy (non-hydrogen) atoms. The maximum Gasteiger partial charge on any atom is 0.349 e. The molecule has 0 fully saturated rings. The number of unbranched alkanes of at least 4 members (excludes halogenated alkanes) is 1. The number of nitrogens with zero attached hydrogens (tertiary/aromatic N) is 1. The normalized spacial score (nSPS) is 14.3. The number of rotatable bonds is 9. The zero-order valence-corrected chi connectivity index (χ0v) is 20.5. The van der Waals surface area contributed by atoms with Gasteiger partial charge in [0.1, 0.15) is 34.6 Å². The number of halogens is 1. The zero-order chi connectivity index (χ0) is 25.5. The highest BCUT2D eigenvalue weighted by Crippen LogP contribution is 2.45. The lowest BCUT2D eigenvalue weighted by atomic mass is 9.83. The third-order valence-corrected chi connectivity index (χ3v) is 5.80. The minimum absolute atomic E-state index is 0.00822. The van der Waals surface area contributed by atoms with Crippen molar-refractivity contribution in [2.45, 2.75) is 25.7 Å². The van der Waals surface area contributed by atoms with E-state index in [1.165, 1.54) is 0 Å². The highest BCUT2D eigenvalue weighted by atomic mass is 35.5. The van der Waals surface area contributed by atoms with E-state index in [2.05, 4.69) is 13.0 Å². The predicted octanol–water partition coefficient (Wildman–Crippen LogP) is 5.72. The number of allylic oxidation sites excluding steroid dienone is 1. The van der Waals surface area contributed by atoms with Gasteiger partial charge in [-0.1, -0.05) is 55.3 Å². The quantitative estimate of drug-likeness (QED) is 0.226. The van der Waals surface area contributed by atoms with Gasteiger partial charge in [0, 0.05) is 22.2 Å². The second-order valence-electron chi connectivity index (χ2n) is 8.08. The zero-order valence-electron chi connectivity index (χ0n) is 19.7. The number of fused-ring (bicyclic) bond motifs is 1. The van der Waals surface area contributed by atoms with Crippen molar-refractivity contribution in [3.05, 3.63) is 94.3 Å². The summed E-state index contributed by atoms with van der Waals surface area (Å²) >= 11 is 5.94.